The van der Waals surface area contributed by atoms with Crippen LogP contribution in [0.4, 0.5) is 8.78 Å². The van der Waals surface area contributed by atoms with Gasteiger partial charge in [-0.2, -0.15) is 0 Å². The van der Waals surface area contributed by atoms with E-state index >= 15 is 0 Å². The molecule has 0 atom stereocenters. The van der Waals surface area contributed by atoms with Crippen LogP contribution in [0.5, 0.6) is 0 Å². The summed E-state index contributed by atoms with van der Waals surface area (Å²) in [7, 11) is 0. The lowest BCUT2D eigenvalue weighted by Gasteiger charge is -2.31. The Hall–Kier alpha value is -1.00. The Balaban J connectivity index is 2.02. The Morgan fingerprint density at radius 1 is 1.26 bits per heavy atom. The lowest BCUT2D eigenvalue weighted by atomic mass is 9.83. The second-order valence-electron chi connectivity index (χ2n) is 5.91. The first kappa shape index (κ1) is 14.4. The average molecular weight is 268 g/mol. The van der Waals surface area contributed by atoms with Gasteiger partial charge in [-0.15, -0.1) is 0 Å². The molecule has 1 aliphatic rings. The highest BCUT2D eigenvalue weighted by molar-refractivity contribution is 5.26. The Labute approximate surface area is 113 Å². The van der Waals surface area contributed by atoms with Gasteiger partial charge in [0.15, 0.2) is 0 Å². The molecule has 2 N–H and O–H groups in total. The van der Waals surface area contributed by atoms with Gasteiger partial charge in [-0.3, -0.25) is 0 Å². The van der Waals surface area contributed by atoms with E-state index in [1.165, 1.54) is 12.1 Å². The second kappa shape index (κ2) is 5.97. The second-order valence-corrected chi connectivity index (χ2v) is 5.91. The number of piperidine rings is 1. The van der Waals surface area contributed by atoms with Crippen LogP contribution >= 0.6 is 0 Å². The quantitative estimate of drug-likeness (QED) is 0.877. The van der Waals surface area contributed by atoms with Gasteiger partial charge in [0.05, 0.1) is 0 Å². The first-order valence-corrected chi connectivity index (χ1v) is 6.89. The SMILES string of the molecule is CC(C)(CNC1CCNCC1)c1cc(F)ccc1F. The zero-order chi connectivity index (χ0) is 13.9. The molecule has 4 heteroatoms. The molecule has 1 aliphatic heterocycles. The van der Waals surface area contributed by atoms with Crippen molar-refractivity contribution in [3.8, 4) is 0 Å². The number of hydrogen-bond acceptors (Lipinski definition) is 2. The van der Waals surface area contributed by atoms with Gasteiger partial charge in [-0.05, 0) is 49.7 Å². The van der Waals surface area contributed by atoms with Gasteiger partial charge in [-0.25, -0.2) is 8.78 Å². The van der Waals surface area contributed by atoms with Gasteiger partial charge >= 0.3 is 0 Å². The van der Waals surface area contributed by atoms with Gasteiger partial charge in [0, 0.05) is 18.0 Å². The van der Waals surface area contributed by atoms with Crippen LogP contribution in [0.3, 0.4) is 0 Å². The van der Waals surface area contributed by atoms with Gasteiger partial charge in [-0.1, -0.05) is 13.8 Å². The maximum atomic E-state index is 13.8. The van der Waals surface area contributed by atoms with Crippen LogP contribution in [0, 0.1) is 11.6 Å². The third kappa shape index (κ3) is 3.74. The van der Waals surface area contributed by atoms with Gasteiger partial charge < -0.3 is 10.6 Å². The van der Waals surface area contributed by atoms with E-state index in [4.69, 9.17) is 0 Å². The maximum Gasteiger partial charge on any atom is 0.127 e. The van der Waals surface area contributed by atoms with Crippen LogP contribution < -0.4 is 10.6 Å². The molecule has 0 aliphatic carbocycles. The number of benzene rings is 1. The Morgan fingerprint density at radius 2 is 1.95 bits per heavy atom. The van der Waals surface area contributed by atoms with Crippen LogP contribution in [0.2, 0.25) is 0 Å². The lowest BCUT2D eigenvalue weighted by molar-refractivity contribution is 0.346. The first-order valence-electron chi connectivity index (χ1n) is 6.89. The van der Waals surface area contributed by atoms with Crippen molar-refractivity contribution >= 4 is 0 Å². The lowest BCUT2D eigenvalue weighted by Crippen LogP contribution is -2.44. The minimum Gasteiger partial charge on any atom is -0.317 e. The fraction of sp³-hybridized carbons (Fsp3) is 0.600. The minimum atomic E-state index is -0.420. The maximum absolute atomic E-state index is 13.8. The summed E-state index contributed by atoms with van der Waals surface area (Å²) in [6, 6.07) is 4.14. The van der Waals surface area contributed by atoms with E-state index in [1.54, 1.807) is 0 Å². The summed E-state index contributed by atoms with van der Waals surface area (Å²) in [6.45, 7) is 6.58. The molecule has 0 unspecified atom stereocenters. The molecular weight excluding hydrogens is 246 g/mol. The number of halogens is 2. The van der Waals surface area contributed by atoms with Crippen LogP contribution in [0.1, 0.15) is 32.3 Å². The van der Waals surface area contributed by atoms with Crippen molar-refractivity contribution < 1.29 is 8.78 Å². The van der Waals surface area contributed by atoms with Crippen molar-refractivity contribution in [2.24, 2.45) is 0 Å². The summed E-state index contributed by atoms with van der Waals surface area (Å²) in [6.07, 6.45) is 2.17. The number of nitrogens with one attached hydrogen (secondary N) is 2. The van der Waals surface area contributed by atoms with Crippen molar-refractivity contribution in [3.05, 3.63) is 35.4 Å². The van der Waals surface area contributed by atoms with E-state index in [9.17, 15) is 8.78 Å². The summed E-state index contributed by atoms with van der Waals surface area (Å²) in [5.41, 5.74) is 0.0192. The highest BCUT2D eigenvalue weighted by Gasteiger charge is 2.26. The Bertz CT molecular complexity index is 426. The van der Waals surface area contributed by atoms with E-state index in [2.05, 4.69) is 10.6 Å². The summed E-state index contributed by atoms with van der Waals surface area (Å²) in [5.74, 6) is -0.718. The summed E-state index contributed by atoms with van der Waals surface area (Å²) >= 11 is 0. The van der Waals surface area contributed by atoms with Crippen molar-refractivity contribution in [2.75, 3.05) is 19.6 Å². The molecule has 0 bridgehead atoms. The molecule has 0 radical (unpaired) electrons. The number of rotatable bonds is 4. The van der Waals surface area contributed by atoms with E-state index in [1.807, 2.05) is 13.8 Å². The fourth-order valence-corrected chi connectivity index (χ4v) is 2.54. The molecule has 2 nitrogen and oxygen atoms in total. The van der Waals surface area contributed by atoms with Crippen molar-refractivity contribution in [1.29, 1.82) is 0 Å². The molecule has 1 saturated heterocycles. The van der Waals surface area contributed by atoms with E-state index in [-0.39, 0.29) is 11.6 Å². The minimum absolute atomic E-state index is 0.335. The van der Waals surface area contributed by atoms with Crippen LogP contribution in [-0.2, 0) is 5.41 Å². The molecule has 0 spiro atoms. The highest BCUT2D eigenvalue weighted by atomic mass is 19.1. The third-order valence-electron chi connectivity index (χ3n) is 3.83. The normalized spacial score (nSPS) is 17.7. The van der Waals surface area contributed by atoms with E-state index in [0.29, 0.717) is 18.2 Å². The van der Waals surface area contributed by atoms with Crippen LogP contribution in [0.25, 0.3) is 0 Å². The topological polar surface area (TPSA) is 24.1 Å². The summed E-state index contributed by atoms with van der Waals surface area (Å²) < 4.78 is 27.1. The van der Waals surface area contributed by atoms with Crippen molar-refractivity contribution in [3.63, 3.8) is 0 Å². The Morgan fingerprint density at radius 3 is 2.63 bits per heavy atom. The van der Waals surface area contributed by atoms with Gasteiger partial charge in [0.2, 0.25) is 0 Å². The molecule has 1 aromatic carbocycles. The zero-order valence-electron chi connectivity index (χ0n) is 11.6. The number of hydrogen-bond donors (Lipinski definition) is 2. The molecule has 0 aromatic heterocycles. The van der Waals surface area contributed by atoms with Crippen LogP contribution in [-0.4, -0.2) is 25.7 Å². The largest absolute Gasteiger partial charge is 0.317 e. The molecule has 0 amide bonds. The van der Waals surface area contributed by atoms with Gasteiger partial charge in [0.1, 0.15) is 11.6 Å². The van der Waals surface area contributed by atoms with Crippen LogP contribution in [0.15, 0.2) is 18.2 Å². The zero-order valence-corrected chi connectivity index (χ0v) is 11.6. The molecule has 0 saturated carbocycles. The smallest absolute Gasteiger partial charge is 0.127 e. The molecule has 106 valence electrons. The fourth-order valence-electron chi connectivity index (χ4n) is 2.54. The van der Waals surface area contributed by atoms with E-state index in [0.717, 1.165) is 32.0 Å². The van der Waals surface area contributed by atoms with Crippen molar-refractivity contribution in [2.45, 2.75) is 38.1 Å². The predicted octanol–water partition coefficient (Wildman–Crippen LogP) is 2.58. The van der Waals surface area contributed by atoms with Gasteiger partial charge in [0.25, 0.3) is 0 Å². The molecule has 1 aromatic rings. The van der Waals surface area contributed by atoms with E-state index < -0.39 is 5.41 Å². The predicted molar refractivity (Wildman–Crippen MR) is 73.3 cm³/mol. The monoisotopic (exact) mass is 268 g/mol. The molecule has 19 heavy (non-hydrogen) atoms. The first-order chi connectivity index (χ1) is 8.99. The third-order valence-corrected chi connectivity index (χ3v) is 3.83. The molecular formula is C15H22F2N2. The average Bonchev–Trinajstić information content (AvgIpc) is 2.40. The molecule has 1 heterocycles. The standard InChI is InChI=1S/C15H22F2N2/c1-15(2,10-19-12-5-7-18-8-6-12)13-9-11(16)3-4-14(13)17/h3-4,9,12,18-19H,5-8,10H2,1-2H3. The molecule has 2 rings (SSSR count). The molecule has 1 fully saturated rings. The summed E-state index contributed by atoms with van der Waals surface area (Å²) in [5, 5.41) is 6.79. The summed E-state index contributed by atoms with van der Waals surface area (Å²) in [4.78, 5) is 0. The van der Waals surface area contributed by atoms with Crippen molar-refractivity contribution in [1.82, 2.24) is 10.6 Å². The Kier molecular flexibility index (Phi) is 4.53. The highest BCUT2D eigenvalue weighted by Crippen LogP contribution is 2.26.